The molecule has 0 unspecified atom stereocenters. The summed E-state index contributed by atoms with van der Waals surface area (Å²) in [5.74, 6) is -0.139. The van der Waals surface area contributed by atoms with Crippen molar-refractivity contribution in [3.05, 3.63) is 57.6 Å². The zero-order valence-corrected chi connectivity index (χ0v) is 22.0. The van der Waals surface area contributed by atoms with Crippen molar-refractivity contribution in [2.24, 2.45) is 0 Å². The van der Waals surface area contributed by atoms with Crippen molar-refractivity contribution in [2.75, 3.05) is 39.4 Å². The third kappa shape index (κ3) is 6.32. The van der Waals surface area contributed by atoms with Crippen molar-refractivity contribution < 1.29 is 18.7 Å². The lowest BCUT2D eigenvalue weighted by molar-refractivity contribution is 0.0374. The molecule has 1 N–H and O–H groups in total. The number of aryl methyl sites for hydroxylation is 1. The first kappa shape index (κ1) is 26.3. The second-order valence-corrected chi connectivity index (χ2v) is 10.4. The maximum Gasteiger partial charge on any atom is 0.256 e. The van der Waals surface area contributed by atoms with Crippen LogP contribution in [0.2, 0.25) is 5.02 Å². The number of amides is 1. The van der Waals surface area contributed by atoms with Crippen LogP contribution in [0.1, 0.15) is 54.4 Å². The number of hydrogen-bond acceptors (Lipinski definition) is 6. The number of rotatable bonds is 8. The quantitative estimate of drug-likeness (QED) is 0.454. The van der Waals surface area contributed by atoms with Crippen LogP contribution in [-0.2, 0) is 11.2 Å². The summed E-state index contributed by atoms with van der Waals surface area (Å²) in [6, 6.07) is 4.32. The Morgan fingerprint density at radius 3 is 2.72 bits per heavy atom. The first-order chi connectivity index (χ1) is 17.1. The highest BCUT2D eigenvalue weighted by molar-refractivity contribution is 6.31. The normalized spacial score (nSPS) is 14.8. The van der Waals surface area contributed by atoms with E-state index in [4.69, 9.17) is 26.1 Å². The molecular weight excluding hydrogens is 485 g/mol. The van der Waals surface area contributed by atoms with Gasteiger partial charge in [0.1, 0.15) is 17.0 Å². The van der Waals surface area contributed by atoms with Crippen LogP contribution < -0.4 is 10.1 Å². The van der Waals surface area contributed by atoms with Gasteiger partial charge in [0.15, 0.2) is 5.65 Å². The second kappa shape index (κ2) is 11.1. The molecule has 3 aromatic rings. The van der Waals surface area contributed by atoms with Crippen LogP contribution in [0.3, 0.4) is 0 Å². The van der Waals surface area contributed by atoms with Crippen LogP contribution in [0.4, 0.5) is 4.39 Å². The van der Waals surface area contributed by atoms with E-state index < -0.39 is 11.4 Å². The molecule has 194 valence electrons. The predicted molar refractivity (Wildman–Crippen MR) is 137 cm³/mol. The Hall–Kier alpha value is -2.75. The van der Waals surface area contributed by atoms with Crippen LogP contribution in [-0.4, -0.2) is 70.4 Å². The van der Waals surface area contributed by atoms with E-state index in [1.54, 1.807) is 10.6 Å². The minimum atomic E-state index is -0.532. The highest BCUT2D eigenvalue weighted by Gasteiger charge is 2.25. The van der Waals surface area contributed by atoms with Gasteiger partial charge in [-0.25, -0.2) is 9.37 Å². The average Bonchev–Trinajstić information content (AvgIpc) is 3.24. The molecule has 0 saturated carbocycles. The Morgan fingerprint density at radius 1 is 1.28 bits per heavy atom. The van der Waals surface area contributed by atoms with Crippen LogP contribution in [0.5, 0.6) is 5.88 Å². The van der Waals surface area contributed by atoms with E-state index in [1.807, 2.05) is 27.7 Å². The molecule has 0 aliphatic carbocycles. The molecule has 1 saturated heterocycles. The highest BCUT2D eigenvalue weighted by atomic mass is 35.5. The summed E-state index contributed by atoms with van der Waals surface area (Å²) < 4.78 is 26.8. The SMILES string of the molecule is Cc1nc2c(C(=O)NCCCN3CCOCC3)cnn2c(OC(C)(C)C)c1Cc1ccc(F)cc1Cl. The lowest BCUT2D eigenvalue weighted by Gasteiger charge is -2.26. The van der Waals surface area contributed by atoms with Gasteiger partial charge in [-0.15, -0.1) is 0 Å². The summed E-state index contributed by atoms with van der Waals surface area (Å²) in [5, 5.41) is 7.77. The Labute approximate surface area is 215 Å². The monoisotopic (exact) mass is 517 g/mol. The molecule has 0 bridgehead atoms. The number of morpholine rings is 1. The van der Waals surface area contributed by atoms with Gasteiger partial charge in [0, 0.05) is 42.3 Å². The summed E-state index contributed by atoms with van der Waals surface area (Å²) in [7, 11) is 0. The molecule has 36 heavy (non-hydrogen) atoms. The van der Waals surface area contributed by atoms with Crippen molar-refractivity contribution in [3.8, 4) is 5.88 Å². The van der Waals surface area contributed by atoms with Gasteiger partial charge in [-0.3, -0.25) is 9.69 Å². The molecular formula is C26H33ClFN5O3. The zero-order valence-electron chi connectivity index (χ0n) is 21.2. The molecule has 4 rings (SSSR count). The minimum Gasteiger partial charge on any atom is -0.472 e. The number of benzene rings is 1. The number of fused-ring (bicyclic) bond motifs is 1. The number of nitrogens with one attached hydrogen (secondary N) is 1. The lowest BCUT2D eigenvalue weighted by Crippen LogP contribution is -2.38. The molecule has 0 radical (unpaired) electrons. The van der Waals surface area contributed by atoms with Crippen LogP contribution in [0.25, 0.3) is 5.65 Å². The maximum absolute atomic E-state index is 13.6. The third-order valence-corrected chi connectivity index (χ3v) is 6.33. The number of hydrogen-bond donors (Lipinski definition) is 1. The largest absolute Gasteiger partial charge is 0.472 e. The first-order valence-corrected chi connectivity index (χ1v) is 12.6. The van der Waals surface area contributed by atoms with Gasteiger partial charge in [-0.2, -0.15) is 9.61 Å². The van der Waals surface area contributed by atoms with Crippen molar-refractivity contribution in [3.63, 3.8) is 0 Å². The summed E-state index contributed by atoms with van der Waals surface area (Å²) in [5.41, 5.74) is 2.47. The molecule has 1 aromatic carbocycles. The number of nitrogens with zero attached hydrogens (tertiary/aromatic N) is 4. The van der Waals surface area contributed by atoms with Gasteiger partial charge < -0.3 is 14.8 Å². The topological polar surface area (TPSA) is 81.0 Å². The Balaban J connectivity index is 1.58. The first-order valence-electron chi connectivity index (χ1n) is 12.2. The number of halogens is 2. The zero-order chi connectivity index (χ0) is 25.9. The van der Waals surface area contributed by atoms with E-state index in [0.717, 1.165) is 50.4 Å². The third-order valence-electron chi connectivity index (χ3n) is 5.97. The average molecular weight is 518 g/mol. The smallest absolute Gasteiger partial charge is 0.256 e. The van der Waals surface area contributed by atoms with E-state index in [9.17, 15) is 9.18 Å². The highest BCUT2D eigenvalue weighted by Crippen LogP contribution is 2.31. The van der Waals surface area contributed by atoms with Crippen molar-refractivity contribution >= 4 is 23.2 Å². The standard InChI is InChI=1S/C26H33ClFN5O3/c1-17-20(14-18-6-7-19(28)15-22(18)27)25(36-26(2,3)4)33-23(31-17)21(16-30-33)24(34)29-8-5-9-32-10-12-35-13-11-32/h6-7,15-16H,5,8-14H2,1-4H3,(H,29,34). The molecule has 1 aliphatic rings. The molecule has 0 spiro atoms. The van der Waals surface area contributed by atoms with E-state index in [1.165, 1.54) is 18.3 Å². The second-order valence-electron chi connectivity index (χ2n) is 9.96. The van der Waals surface area contributed by atoms with E-state index in [0.29, 0.717) is 40.8 Å². The lowest BCUT2D eigenvalue weighted by atomic mass is 10.0. The number of aromatic nitrogens is 3. The Kier molecular flexibility index (Phi) is 8.12. The van der Waals surface area contributed by atoms with Gasteiger partial charge in [-0.1, -0.05) is 17.7 Å². The fourth-order valence-electron chi connectivity index (χ4n) is 4.15. The number of carbonyl (C=O) groups is 1. The maximum atomic E-state index is 13.6. The Morgan fingerprint density at radius 2 is 2.03 bits per heavy atom. The minimum absolute atomic E-state index is 0.227. The van der Waals surface area contributed by atoms with Crippen molar-refractivity contribution in [1.82, 2.24) is 24.8 Å². The van der Waals surface area contributed by atoms with Gasteiger partial charge in [0.25, 0.3) is 5.91 Å². The van der Waals surface area contributed by atoms with Crippen LogP contribution >= 0.6 is 11.6 Å². The summed E-state index contributed by atoms with van der Waals surface area (Å²) in [6.45, 7) is 12.5. The molecule has 0 atom stereocenters. The fraction of sp³-hybridized carbons (Fsp3) is 0.500. The summed E-state index contributed by atoms with van der Waals surface area (Å²) >= 11 is 6.31. The van der Waals surface area contributed by atoms with Crippen molar-refractivity contribution in [2.45, 2.75) is 46.1 Å². The van der Waals surface area contributed by atoms with Crippen LogP contribution in [0, 0.1) is 12.7 Å². The number of carbonyl (C=O) groups excluding carboxylic acids is 1. The van der Waals surface area contributed by atoms with Gasteiger partial charge in [-0.05, 0) is 58.4 Å². The predicted octanol–water partition coefficient (Wildman–Crippen LogP) is 4.05. The fourth-order valence-corrected chi connectivity index (χ4v) is 4.38. The molecule has 1 fully saturated rings. The van der Waals surface area contributed by atoms with E-state index in [2.05, 4.69) is 15.3 Å². The van der Waals surface area contributed by atoms with Crippen LogP contribution in [0.15, 0.2) is 24.4 Å². The molecule has 1 amide bonds. The van der Waals surface area contributed by atoms with Gasteiger partial charge >= 0.3 is 0 Å². The number of ether oxygens (including phenoxy) is 2. The molecule has 1 aliphatic heterocycles. The van der Waals surface area contributed by atoms with E-state index >= 15 is 0 Å². The molecule has 8 nitrogen and oxygen atoms in total. The van der Waals surface area contributed by atoms with Gasteiger partial charge in [0.05, 0.1) is 19.4 Å². The van der Waals surface area contributed by atoms with Crippen molar-refractivity contribution in [1.29, 1.82) is 0 Å². The molecule has 2 aromatic heterocycles. The molecule has 10 heteroatoms. The van der Waals surface area contributed by atoms with Gasteiger partial charge in [0.2, 0.25) is 5.88 Å². The summed E-state index contributed by atoms with van der Waals surface area (Å²) in [6.07, 6.45) is 2.74. The Bertz CT molecular complexity index is 1230. The summed E-state index contributed by atoms with van der Waals surface area (Å²) in [4.78, 5) is 20.0. The molecule has 3 heterocycles. The van der Waals surface area contributed by atoms with E-state index in [-0.39, 0.29) is 5.91 Å².